The molecule has 1 heterocycles. The zero-order valence-corrected chi connectivity index (χ0v) is 16.1. The van der Waals surface area contributed by atoms with Gasteiger partial charge in [0, 0.05) is 29.4 Å². The summed E-state index contributed by atoms with van der Waals surface area (Å²) >= 11 is 0. The number of hydrogen-bond donors (Lipinski definition) is 2. The maximum Gasteiger partial charge on any atom is 0.329 e. The number of aryl methyl sites for hydroxylation is 1. The fraction of sp³-hybridized carbons (Fsp3) is 0.381. The van der Waals surface area contributed by atoms with Gasteiger partial charge in [0.15, 0.2) is 6.61 Å². The van der Waals surface area contributed by atoms with Gasteiger partial charge in [-0.15, -0.1) is 0 Å². The van der Waals surface area contributed by atoms with Crippen LogP contribution in [0.1, 0.15) is 46.2 Å². The highest BCUT2D eigenvalue weighted by Crippen LogP contribution is 2.38. The zero-order valence-electron chi connectivity index (χ0n) is 16.1. The van der Waals surface area contributed by atoms with Crippen molar-refractivity contribution in [2.24, 2.45) is 5.73 Å². The highest BCUT2D eigenvalue weighted by Gasteiger charge is 2.29. The van der Waals surface area contributed by atoms with Crippen molar-refractivity contribution < 1.29 is 19.1 Å². The van der Waals surface area contributed by atoms with Crippen LogP contribution in [0.15, 0.2) is 36.4 Å². The van der Waals surface area contributed by atoms with Crippen LogP contribution in [0, 0.1) is 13.8 Å². The summed E-state index contributed by atoms with van der Waals surface area (Å²) in [6.07, 6.45) is 2.48. The number of nitrogens with two attached hydrogens (primary N) is 1. The Hall–Kier alpha value is -3.09. The maximum atomic E-state index is 12.6. The standard InChI is InChI=1S/C21H25N3O4/c1-13-10-17(14(2)24(13)16-8-9-16)19(25)12-28-20(26)18(23-21(22)27)11-15-6-4-3-5-7-15/h3-7,10,16,18H,8-9,11-12H2,1-2H3,(H3,22,23,27)/t18-/m0/s1. The molecule has 0 saturated heterocycles. The van der Waals surface area contributed by atoms with Crippen molar-refractivity contribution in [2.45, 2.75) is 45.2 Å². The summed E-state index contributed by atoms with van der Waals surface area (Å²) in [5.41, 5.74) is 8.53. The number of nitrogens with zero attached hydrogens (tertiary/aromatic N) is 1. The van der Waals surface area contributed by atoms with E-state index < -0.39 is 18.0 Å². The molecule has 7 heteroatoms. The molecule has 2 amide bonds. The summed E-state index contributed by atoms with van der Waals surface area (Å²) in [5, 5.41) is 2.39. The van der Waals surface area contributed by atoms with Crippen molar-refractivity contribution in [3.05, 3.63) is 58.9 Å². The Morgan fingerprint density at radius 3 is 2.50 bits per heavy atom. The van der Waals surface area contributed by atoms with Gasteiger partial charge in [-0.05, 0) is 38.3 Å². The Bertz CT molecular complexity index is 885. The minimum absolute atomic E-state index is 0.229. The zero-order chi connectivity index (χ0) is 20.3. The number of Topliss-reactive ketones (excluding diaryl/α,β-unsaturated/α-hetero) is 1. The minimum Gasteiger partial charge on any atom is -0.456 e. The largest absolute Gasteiger partial charge is 0.456 e. The molecule has 3 N–H and O–H groups in total. The average Bonchev–Trinajstić information content (AvgIpc) is 3.44. The number of ether oxygens (including phenoxy) is 1. The Kier molecular flexibility index (Phi) is 5.82. The number of benzene rings is 1. The van der Waals surface area contributed by atoms with E-state index in [0.717, 1.165) is 29.8 Å². The van der Waals surface area contributed by atoms with Crippen LogP contribution in [-0.2, 0) is 16.0 Å². The van der Waals surface area contributed by atoms with Crippen molar-refractivity contribution in [3.8, 4) is 0 Å². The first-order valence-corrected chi connectivity index (χ1v) is 9.35. The number of aromatic nitrogens is 1. The summed E-state index contributed by atoms with van der Waals surface area (Å²) in [4.78, 5) is 36.3. The van der Waals surface area contributed by atoms with E-state index in [9.17, 15) is 14.4 Å². The quantitative estimate of drug-likeness (QED) is 0.540. The molecule has 0 bridgehead atoms. The van der Waals surface area contributed by atoms with E-state index in [4.69, 9.17) is 10.5 Å². The number of urea groups is 1. The van der Waals surface area contributed by atoms with Gasteiger partial charge in [-0.25, -0.2) is 9.59 Å². The number of rotatable bonds is 8. The first-order chi connectivity index (χ1) is 13.4. The molecular formula is C21H25N3O4. The van der Waals surface area contributed by atoms with Gasteiger partial charge in [0.25, 0.3) is 0 Å². The molecule has 1 aliphatic carbocycles. The fourth-order valence-electron chi connectivity index (χ4n) is 3.48. The van der Waals surface area contributed by atoms with E-state index in [2.05, 4.69) is 9.88 Å². The highest BCUT2D eigenvalue weighted by atomic mass is 16.5. The molecule has 1 fully saturated rings. The predicted molar refractivity (Wildman–Crippen MR) is 104 cm³/mol. The number of ketones is 1. The van der Waals surface area contributed by atoms with Crippen LogP contribution in [0.5, 0.6) is 0 Å². The molecular weight excluding hydrogens is 358 g/mol. The lowest BCUT2D eigenvalue weighted by molar-refractivity contribution is -0.144. The lowest BCUT2D eigenvalue weighted by Gasteiger charge is -2.16. The van der Waals surface area contributed by atoms with E-state index in [1.807, 2.05) is 50.2 Å². The molecule has 0 spiro atoms. The van der Waals surface area contributed by atoms with Gasteiger partial charge in [0.05, 0.1) is 0 Å². The molecule has 28 heavy (non-hydrogen) atoms. The molecule has 1 aliphatic rings. The summed E-state index contributed by atoms with van der Waals surface area (Å²) in [6, 6.07) is 9.73. The van der Waals surface area contributed by atoms with E-state index in [0.29, 0.717) is 11.6 Å². The van der Waals surface area contributed by atoms with Gasteiger partial charge in [-0.2, -0.15) is 0 Å². The SMILES string of the molecule is Cc1cc(C(=O)COC(=O)[C@H](Cc2ccccc2)NC(N)=O)c(C)n1C1CC1. The Morgan fingerprint density at radius 1 is 1.21 bits per heavy atom. The Labute approximate surface area is 163 Å². The van der Waals surface area contributed by atoms with E-state index in [1.54, 1.807) is 0 Å². The molecule has 1 atom stereocenters. The molecule has 2 aromatic rings. The summed E-state index contributed by atoms with van der Waals surface area (Å²) < 4.78 is 7.37. The van der Waals surface area contributed by atoms with Crippen LogP contribution < -0.4 is 11.1 Å². The highest BCUT2D eigenvalue weighted by molar-refractivity contribution is 5.99. The van der Waals surface area contributed by atoms with Crippen LogP contribution >= 0.6 is 0 Å². The minimum atomic E-state index is -0.952. The fourth-order valence-corrected chi connectivity index (χ4v) is 3.48. The first kappa shape index (κ1) is 19.7. The molecule has 3 rings (SSSR count). The molecule has 7 nitrogen and oxygen atoms in total. The third kappa shape index (κ3) is 4.60. The third-order valence-electron chi connectivity index (χ3n) is 4.93. The van der Waals surface area contributed by atoms with Crippen molar-refractivity contribution in [1.82, 2.24) is 9.88 Å². The molecule has 1 aromatic carbocycles. The van der Waals surface area contributed by atoms with Crippen molar-refractivity contribution in [3.63, 3.8) is 0 Å². The van der Waals surface area contributed by atoms with Gasteiger partial charge < -0.3 is 20.4 Å². The van der Waals surface area contributed by atoms with Crippen molar-refractivity contribution in [1.29, 1.82) is 0 Å². The number of primary amides is 1. The van der Waals surface area contributed by atoms with Crippen molar-refractivity contribution >= 4 is 17.8 Å². The van der Waals surface area contributed by atoms with Crippen LogP contribution in [0.3, 0.4) is 0 Å². The predicted octanol–water partition coefficient (Wildman–Crippen LogP) is 2.45. The van der Waals surface area contributed by atoms with E-state index >= 15 is 0 Å². The summed E-state index contributed by atoms with van der Waals surface area (Å²) in [6.45, 7) is 3.51. The number of nitrogens with one attached hydrogen (secondary N) is 1. The topological polar surface area (TPSA) is 103 Å². The van der Waals surface area contributed by atoms with Gasteiger partial charge in [0.2, 0.25) is 5.78 Å². The van der Waals surface area contributed by atoms with Crippen LogP contribution in [0.25, 0.3) is 0 Å². The number of amides is 2. The molecule has 1 saturated carbocycles. The molecule has 148 valence electrons. The second kappa shape index (κ2) is 8.29. The second-order valence-corrected chi connectivity index (χ2v) is 7.17. The Balaban J connectivity index is 1.64. The number of carbonyl (C=O) groups is 3. The summed E-state index contributed by atoms with van der Waals surface area (Å²) in [7, 11) is 0. The molecule has 0 radical (unpaired) electrons. The lowest BCUT2D eigenvalue weighted by Crippen LogP contribution is -2.46. The molecule has 0 unspecified atom stereocenters. The normalized spacial score (nSPS) is 14.4. The molecule has 1 aromatic heterocycles. The van der Waals surface area contributed by atoms with Gasteiger partial charge >= 0.3 is 12.0 Å². The van der Waals surface area contributed by atoms with E-state index in [-0.39, 0.29) is 18.8 Å². The summed E-state index contributed by atoms with van der Waals surface area (Å²) in [5.74, 6) is -0.946. The van der Waals surface area contributed by atoms with Crippen LogP contribution in [0.4, 0.5) is 4.79 Å². The average molecular weight is 383 g/mol. The molecule has 0 aliphatic heterocycles. The van der Waals surface area contributed by atoms with Gasteiger partial charge in [0.1, 0.15) is 6.04 Å². The van der Waals surface area contributed by atoms with Crippen LogP contribution in [0.2, 0.25) is 0 Å². The third-order valence-corrected chi connectivity index (χ3v) is 4.93. The number of carbonyl (C=O) groups excluding carboxylic acids is 3. The first-order valence-electron chi connectivity index (χ1n) is 9.35. The van der Waals surface area contributed by atoms with Crippen LogP contribution in [-0.4, -0.2) is 35.0 Å². The maximum absolute atomic E-state index is 12.6. The van der Waals surface area contributed by atoms with Gasteiger partial charge in [-0.3, -0.25) is 4.79 Å². The Morgan fingerprint density at radius 2 is 1.89 bits per heavy atom. The monoisotopic (exact) mass is 383 g/mol. The van der Waals surface area contributed by atoms with E-state index in [1.165, 1.54) is 0 Å². The number of esters is 1. The lowest BCUT2D eigenvalue weighted by atomic mass is 10.1. The smallest absolute Gasteiger partial charge is 0.329 e. The van der Waals surface area contributed by atoms with Gasteiger partial charge in [-0.1, -0.05) is 30.3 Å². The van der Waals surface area contributed by atoms with Crippen molar-refractivity contribution in [2.75, 3.05) is 6.61 Å². The second-order valence-electron chi connectivity index (χ2n) is 7.17. The number of hydrogen-bond acceptors (Lipinski definition) is 4.